The molecule has 1 aromatic carbocycles. The first-order valence-corrected chi connectivity index (χ1v) is 8.34. The molecule has 1 N–H and O–H groups in total. The van der Waals surface area contributed by atoms with Crippen LogP contribution in [0.4, 0.5) is 9.18 Å². The van der Waals surface area contributed by atoms with Crippen LogP contribution in [0, 0.1) is 5.82 Å². The van der Waals surface area contributed by atoms with Gasteiger partial charge in [-0.1, -0.05) is 0 Å². The number of ether oxygens (including phenoxy) is 1. The summed E-state index contributed by atoms with van der Waals surface area (Å²) in [4.78, 5) is 30.7. The Bertz CT molecular complexity index is 714. The van der Waals surface area contributed by atoms with Gasteiger partial charge >= 0.3 is 6.09 Å². The number of likely N-dealkylation sites (tertiary alicyclic amines) is 1. The predicted octanol–water partition coefficient (Wildman–Crippen LogP) is 2.47. The molecule has 1 spiro atoms. The summed E-state index contributed by atoms with van der Waals surface area (Å²) in [5, 5.41) is 2.92. The molecule has 1 fully saturated rings. The maximum atomic E-state index is 13.1. The van der Waals surface area contributed by atoms with Gasteiger partial charge in [-0.25, -0.2) is 9.18 Å². The largest absolute Gasteiger partial charge is 0.444 e. The Morgan fingerprint density at radius 2 is 1.84 bits per heavy atom. The molecule has 2 heterocycles. The fraction of sp³-hybridized carbons (Fsp3) is 0.500. The van der Waals surface area contributed by atoms with E-state index in [0.717, 1.165) is 0 Å². The molecule has 0 aliphatic carbocycles. The lowest BCUT2D eigenvalue weighted by Gasteiger charge is -2.37. The molecule has 134 valence electrons. The second-order valence-corrected chi connectivity index (χ2v) is 7.42. The number of rotatable bonds is 1. The van der Waals surface area contributed by atoms with Gasteiger partial charge in [0.15, 0.2) is 0 Å². The van der Waals surface area contributed by atoms with Crippen molar-refractivity contribution in [3.8, 4) is 0 Å². The van der Waals surface area contributed by atoms with Crippen LogP contribution in [-0.2, 0) is 9.53 Å². The summed E-state index contributed by atoms with van der Waals surface area (Å²) in [6.07, 6.45) is 0.681. The van der Waals surface area contributed by atoms with Crippen molar-refractivity contribution in [1.82, 2.24) is 10.2 Å². The van der Waals surface area contributed by atoms with Crippen LogP contribution in [0.2, 0.25) is 0 Å². The van der Waals surface area contributed by atoms with Crippen molar-refractivity contribution in [2.24, 2.45) is 4.99 Å². The van der Waals surface area contributed by atoms with Crippen LogP contribution < -0.4 is 5.32 Å². The number of nitrogens with zero attached hydrogens (tertiary/aromatic N) is 2. The topological polar surface area (TPSA) is 71.0 Å². The fourth-order valence-electron chi connectivity index (χ4n) is 2.99. The maximum Gasteiger partial charge on any atom is 0.410 e. The lowest BCUT2D eigenvalue weighted by molar-refractivity contribution is -0.115. The van der Waals surface area contributed by atoms with Crippen LogP contribution in [0.5, 0.6) is 0 Å². The first-order chi connectivity index (χ1) is 11.7. The van der Waals surface area contributed by atoms with Gasteiger partial charge in [0, 0.05) is 31.5 Å². The van der Waals surface area contributed by atoms with E-state index in [0.29, 0.717) is 37.2 Å². The van der Waals surface area contributed by atoms with Crippen LogP contribution in [-0.4, -0.2) is 47.0 Å². The molecule has 0 aromatic heterocycles. The first kappa shape index (κ1) is 17.4. The molecule has 0 unspecified atom stereocenters. The Hall–Kier alpha value is -2.44. The number of nitrogens with one attached hydrogen (secondary N) is 1. The minimum Gasteiger partial charge on any atom is -0.444 e. The number of halogens is 1. The monoisotopic (exact) mass is 347 g/mol. The number of benzene rings is 1. The van der Waals surface area contributed by atoms with E-state index >= 15 is 0 Å². The average molecular weight is 347 g/mol. The highest BCUT2D eigenvalue weighted by atomic mass is 19.1. The second kappa shape index (κ2) is 6.13. The number of hydrogen-bond acceptors (Lipinski definition) is 4. The van der Waals surface area contributed by atoms with E-state index in [1.807, 2.05) is 20.8 Å². The van der Waals surface area contributed by atoms with Crippen molar-refractivity contribution in [1.29, 1.82) is 0 Å². The van der Waals surface area contributed by atoms with Gasteiger partial charge in [-0.3, -0.25) is 9.79 Å². The highest BCUT2D eigenvalue weighted by Crippen LogP contribution is 2.29. The zero-order valence-corrected chi connectivity index (χ0v) is 14.6. The standard InChI is InChI=1S/C18H22FN3O3/c1-17(2,3)25-16(24)22-10-8-18(9-11-22)20-14(15(23)21-18)12-4-6-13(19)7-5-12/h4-7H,8-11H2,1-3H3,(H,21,23). The third-order valence-corrected chi connectivity index (χ3v) is 4.25. The summed E-state index contributed by atoms with van der Waals surface area (Å²) in [5.74, 6) is -0.625. The van der Waals surface area contributed by atoms with E-state index < -0.39 is 11.3 Å². The van der Waals surface area contributed by atoms with Crippen LogP contribution in [0.1, 0.15) is 39.2 Å². The number of carbonyl (C=O) groups is 2. The molecule has 25 heavy (non-hydrogen) atoms. The van der Waals surface area contributed by atoms with E-state index in [1.54, 1.807) is 17.0 Å². The summed E-state index contributed by atoms with van der Waals surface area (Å²) < 4.78 is 18.4. The second-order valence-electron chi connectivity index (χ2n) is 7.42. The molecule has 7 heteroatoms. The number of amides is 2. The van der Waals surface area contributed by atoms with E-state index in [2.05, 4.69) is 10.3 Å². The molecular formula is C18H22FN3O3. The number of aliphatic imine (C=N–C) groups is 1. The van der Waals surface area contributed by atoms with Crippen molar-refractivity contribution in [2.75, 3.05) is 13.1 Å². The summed E-state index contributed by atoms with van der Waals surface area (Å²) in [6, 6.07) is 5.70. The van der Waals surface area contributed by atoms with Crippen molar-refractivity contribution in [3.05, 3.63) is 35.6 Å². The Kier molecular flexibility index (Phi) is 4.26. The van der Waals surface area contributed by atoms with Gasteiger partial charge in [0.2, 0.25) is 0 Å². The van der Waals surface area contributed by atoms with Crippen LogP contribution >= 0.6 is 0 Å². The Morgan fingerprint density at radius 3 is 2.40 bits per heavy atom. The Balaban J connectivity index is 1.70. The lowest BCUT2D eigenvalue weighted by atomic mass is 9.98. The van der Waals surface area contributed by atoms with Crippen molar-refractivity contribution in [2.45, 2.75) is 44.9 Å². The third-order valence-electron chi connectivity index (χ3n) is 4.25. The molecule has 0 saturated carbocycles. The van der Waals surface area contributed by atoms with E-state index in [4.69, 9.17) is 4.74 Å². The third kappa shape index (κ3) is 3.81. The van der Waals surface area contributed by atoms with Gasteiger partial charge in [0.1, 0.15) is 22.8 Å². The van der Waals surface area contributed by atoms with Gasteiger partial charge in [-0.15, -0.1) is 0 Å². The number of carbonyl (C=O) groups excluding carboxylic acids is 2. The van der Waals surface area contributed by atoms with Crippen LogP contribution in [0.25, 0.3) is 0 Å². The molecule has 2 aliphatic rings. The van der Waals surface area contributed by atoms with Crippen LogP contribution in [0.3, 0.4) is 0 Å². The molecule has 1 saturated heterocycles. The van der Waals surface area contributed by atoms with E-state index in [1.165, 1.54) is 12.1 Å². The van der Waals surface area contributed by atoms with Gasteiger partial charge in [0.05, 0.1) is 0 Å². The van der Waals surface area contributed by atoms with Crippen molar-refractivity contribution < 1.29 is 18.7 Å². The molecule has 6 nitrogen and oxygen atoms in total. The Labute approximate surface area is 146 Å². The molecule has 1 aromatic rings. The summed E-state index contributed by atoms with van der Waals surface area (Å²) in [6.45, 7) is 6.39. The molecule has 2 amide bonds. The highest BCUT2D eigenvalue weighted by molar-refractivity contribution is 6.46. The maximum absolute atomic E-state index is 13.1. The molecule has 3 rings (SSSR count). The summed E-state index contributed by atoms with van der Waals surface area (Å²) in [5.41, 5.74) is -0.336. The summed E-state index contributed by atoms with van der Waals surface area (Å²) in [7, 11) is 0. The predicted molar refractivity (Wildman–Crippen MR) is 90.9 cm³/mol. The quantitative estimate of drug-likeness (QED) is 0.848. The summed E-state index contributed by atoms with van der Waals surface area (Å²) >= 11 is 0. The minimum atomic E-state index is -0.695. The SMILES string of the molecule is CC(C)(C)OC(=O)N1CCC2(CC1)N=C(c1ccc(F)cc1)C(=O)N2. The fourth-order valence-corrected chi connectivity index (χ4v) is 2.99. The van der Waals surface area contributed by atoms with Gasteiger partial charge in [-0.2, -0.15) is 0 Å². The van der Waals surface area contributed by atoms with Gasteiger partial charge in [-0.05, 0) is 45.0 Å². The average Bonchev–Trinajstić information content (AvgIpc) is 2.83. The van der Waals surface area contributed by atoms with Crippen molar-refractivity contribution in [3.63, 3.8) is 0 Å². The zero-order chi connectivity index (χ0) is 18.2. The molecular weight excluding hydrogens is 325 g/mol. The smallest absolute Gasteiger partial charge is 0.410 e. The normalized spacial score (nSPS) is 19.6. The number of hydrogen-bond donors (Lipinski definition) is 1. The van der Waals surface area contributed by atoms with Gasteiger partial charge < -0.3 is 15.0 Å². The zero-order valence-electron chi connectivity index (χ0n) is 14.6. The van der Waals surface area contributed by atoms with E-state index in [-0.39, 0.29) is 17.8 Å². The van der Waals surface area contributed by atoms with Crippen molar-refractivity contribution >= 4 is 17.7 Å². The minimum absolute atomic E-state index is 0.266. The van der Waals surface area contributed by atoms with Crippen LogP contribution in [0.15, 0.2) is 29.3 Å². The number of piperidine rings is 1. The van der Waals surface area contributed by atoms with E-state index in [9.17, 15) is 14.0 Å². The molecule has 2 aliphatic heterocycles. The lowest BCUT2D eigenvalue weighted by Crippen LogP contribution is -2.53. The first-order valence-electron chi connectivity index (χ1n) is 8.34. The molecule has 0 bridgehead atoms. The Morgan fingerprint density at radius 1 is 1.24 bits per heavy atom. The molecule has 0 atom stereocenters. The molecule has 0 radical (unpaired) electrons. The van der Waals surface area contributed by atoms with Gasteiger partial charge in [0.25, 0.3) is 5.91 Å². The highest BCUT2D eigenvalue weighted by Gasteiger charge is 2.43.